The number of fused-ring (bicyclic) bond motifs is 1. The van der Waals surface area contributed by atoms with Crippen molar-refractivity contribution in [3.63, 3.8) is 0 Å². The number of likely N-dealkylation sites (N-methyl/N-ethyl adjacent to an activating group) is 1. The van der Waals surface area contributed by atoms with Crippen LogP contribution < -0.4 is 4.74 Å². The summed E-state index contributed by atoms with van der Waals surface area (Å²) in [5, 5.41) is 0. The van der Waals surface area contributed by atoms with Crippen LogP contribution in [0.25, 0.3) is 11.2 Å². The van der Waals surface area contributed by atoms with E-state index in [4.69, 9.17) is 17.0 Å². The molecule has 2 aromatic rings. The molecule has 7 heteroatoms. The van der Waals surface area contributed by atoms with E-state index in [0.717, 1.165) is 17.7 Å². The molecule has 6 nitrogen and oxygen atoms in total. The van der Waals surface area contributed by atoms with Crippen LogP contribution >= 0.6 is 12.2 Å². The number of aromatic amines is 1. The fourth-order valence-electron chi connectivity index (χ4n) is 1.70. The Hall–Kier alpha value is -1.47. The van der Waals surface area contributed by atoms with Gasteiger partial charge in [0.05, 0.1) is 7.11 Å². The van der Waals surface area contributed by atoms with Crippen molar-refractivity contribution in [3.05, 3.63) is 11.1 Å². The second kappa shape index (κ2) is 5.03. The van der Waals surface area contributed by atoms with Crippen molar-refractivity contribution >= 4 is 23.4 Å². The van der Waals surface area contributed by atoms with E-state index in [9.17, 15) is 0 Å². The van der Waals surface area contributed by atoms with E-state index in [2.05, 4.69) is 26.8 Å². The van der Waals surface area contributed by atoms with E-state index in [1.165, 1.54) is 6.33 Å². The molecule has 1 atom stereocenters. The molecule has 18 heavy (non-hydrogen) atoms. The molecule has 0 aliphatic carbocycles. The molecule has 2 aromatic heterocycles. The molecule has 2 rings (SSSR count). The zero-order valence-electron chi connectivity index (χ0n) is 11.0. The first kappa shape index (κ1) is 13.0. The summed E-state index contributed by atoms with van der Waals surface area (Å²) in [7, 11) is 5.66. The number of ether oxygens (including phenoxy) is 1. The fraction of sp³-hybridized carbons (Fsp3) is 0.545. The number of hydrogen-bond donors (Lipinski definition) is 1. The highest BCUT2D eigenvalue weighted by molar-refractivity contribution is 7.71. The number of hydrogen-bond acceptors (Lipinski definition) is 5. The van der Waals surface area contributed by atoms with Gasteiger partial charge in [-0.15, -0.1) is 0 Å². The summed E-state index contributed by atoms with van der Waals surface area (Å²) in [6, 6.07) is 0.358. The highest BCUT2D eigenvalue weighted by atomic mass is 32.1. The summed E-state index contributed by atoms with van der Waals surface area (Å²) in [5.41, 5.74) is 1.52. The minimum atomic E-state index is 0.358. The van der Waals surface area contributed by atoms with Gasteiger partial charge in [-0.3, -0.25) is 4.57 Å². The van der Waals surface area contributed by atoms with Crippen molar-refractivity contribution in [2.75, 3.05) is 21.2 Å². The Kier molecular flexibility index (Phi) is 3.63. The SMILES string of the molecule is COc1ncnc2c1[nH]c(=S)n2CC(C)N(C)C. The highest BCUT2D eigenvalue weighted by Crippen LogP contribution is 2.20. The Morgan fingerprint density at radius 1 is 1.50 bits per heavy atom. The van der Waals surface area contributed by atoms with Gasteiger partial charge in [0, 0.05) is 12.6 Å². The van der Waals surface area contributed by atoms with Gasteiger partial charge in [0.15, 0.2) is 10.4 Å². The zero-order chi connectivity index (χ0) is 13.3. The number of rotatable bonds is 4. The standard InChI is InChI=1S/C11H17N5OS/c1-7(15(2)3)5-16-9-8(14-11(16)18)10(17-4)13-6-12-9/h6-7H,5H2,1-4H3,(H,14,18). The fourth-order valence-corrected chi connectivity index (χ4v) is 1.96. The molecule has 0 amide bonds. The summed E-state index contributed by atoms with van der Waals surface area (Å²) in [6.07, 6.45) is 1.49. The number of imidazole rings is 1. The third-order valence-electron chi connectivity index (χ3n) is 3.05. The maximum absolute atomic E-state index is 5.33. The predicted molar refractivity (Wildman–Crippen MR) is 72.4 cm³/mol. The van der Waals surface area contributed by atoms with Crippen LogP contribution in [0.4, 0.5) is 0 Å². The highest BCUT2D eigenvalue weighted by Gasteiger charge is 2.14. The molecule has 0 spiro atoms. The molecule has 2 heterocycles. The van der Waals surface area contributed by atoms with Gasteiger partial charge in [0.25, 0.3) is 0 Å². The van der Waals surface area contributed by atoms with Gasteiger partial charge >= 0.3 is 0 Å². The van der Waals surface area contributed by atoms with Crippen LogP contribution in [0.5, 0.6) is 5.88 Å². The number of H-pyrrole nitrogens is 1. The number of methoxy groups -OCH3 is 1. The molecular weight excluding hydrogens is 250 g/mol. The molecular formula is C11H17N5OS. The third kappa shape index (κ3) is 2.23. The van der Waals surface area contributed by atoms with E-state index in [1.54, 1.807) is 7.11 Å². The van der Waals surface area contributed by atoms with Crippen LogP contribution in [0.2, 0.25) is 0 Å². The van der Waals surface area contributed by atoms with Gasteiger partial charge < -0.3 is 14.6 Å². The van der Waals surface area contributed by atoms with Crippen LogP contribution in [0.1, 0.15) is 6.92 Å². The largest absolute Gasteiger partial charge is 0.479 e. The molecule has 0 aromatic carbocycles. The summed E-state index contributed by atoms with van der Waals surface area (Å²) >= 11 is 5.33. The molecule has 0 aliphatic heterocycles. The van der Waals surface area contributed by atoms with E-state index in [-0.39, 0.29) is 0 Å². The number of nitrogens with one attached hydrogen (secondary N) is 1. The van der Waals surface area contributed by atoms with E-state index in [1.807, 2.05) is 18.7 Å². The van der Waals surface area contributed by atoms with Crippen molar-refractivity contribution in [2.45, 2.75) is 19.5 Å². The lowest BCUT2D eigenvalue weighted by molar-refractivity contribution is 0.285. The molecule has 1 unspecified atom stereocenters. The molecule has 0 aliphatic rings. The van der Waals surface area contributed by atoms with Crippen molar-refractivity contribution in [1.82, 2.24) is 24.4 Å². The van der Waals surface area contributed by atoms with Gasteiger partial charge in [-0.25, -0.2) is 4.98 Å². The second-order valence-electron chi connectivity index (χ2n) is 4.43. The Morgan fingerprint density at radius 3 is 2.83 bits per heavy atom. The molecule has 0 radical (unpaired) electrons. The maximum atomic E-state index is 5.33. The average molecular weight is 267 g/mol. The number of aromatic nitrogens is 4. The summed E-state index contributed by atoms with van der Waals surface area (Å²) in [5.74, 6) is 0.516. The first-order valence-electron chi connectivity index (χ1n) is 5.68. The Balaban J connectivity index is 2.51. The molecule has 98 valence electrons. The lowest BCUT2D eigenvalue weighted by Crippen LogP contribution is -2.29. The monoisotopic (exact) mass is 267 g/mol. The quantitative estimate of drug-likeness (QED) is 0.850. The molecule has 0 saturated heterocycles. The third-order valence-corrected chi connectivity index (χ3v) is 3.37. The van der Waals surface area contributed by atoms with Gasteiger partial charge in [-0.05, 0) is 33.2 Å². The lowest BCUT2D eigenvalue weighted by atomic mass is 10.3. The van der Waals surface area contributed by atoms with Crippen molar-refractivity contribution in [3.8, 4) is 5.88 Å². The van der Waals surface area contributed by atoms with Gasteiger partial charge in [-0.1, -0.05) is 0 Å². The van der Waals surface area contributed by atoms with Crippen LogP contribution in [-0.2, 0) is 6.54 Å². The topological polar surface area (TPSA) is 59.0 Å². The van der Waals surface area contributed by atoms with E-state index >= 15 is 0 Å². The van der Waals surface area contributed by atoms with E-state index in [0.29, 0.717) is 16.7 Å². The smallest absolute Gasteiger partial charge is 0.242 e. The second-order valence-corrected chi connectivity index (χ2v) is 4.82. The Bertz CT molecular complexity index is 603. The first-order valence-corrected chi connectivity index (χ1v) is 6.09. The molecule has 0 fully saturated rings. The minimum Gasteiger partial charge on any atom is -0.479 e. The van der Waals surface area contributed by atoms with Crippen LogP contribution in [0.3, 0.4) is 0 Å². The molecule has 0 saturated carbocycles. The van der Waals surface area contributed by atoms with Gasteiger partial charge in [-0.2, -0.15) is 4.98 Å². The van der Waals surface area contributed by atoms with Crippen LogP contribution in [0.15, 0.2) is 6.33 Å². The van der Waals surface area contributed by atoms with Crippen molar-refractivity contribution in [2.24, 2.45) is 0 Å². The van der Waals surface area contributed by atoms with Crippen LogP contribution in [0, 0.1) is 4.77 Å². The zero-order valence-corrected chi connectivity index (χ0v) is 11.8. The Morgan fingerprint density at radius 2 is 2.22 bits per heavy atom. The normalized spacial score (nSPS) is 13.2. The van der Waals surface area contributed by atoms with Crippen molar-refractivity contribution < 1.29 is 4.74 Å². The summed E-state index contributed by atoms with van der Waals surface area (Å²) < 4.78 is 7.80. The number of nitrogens with zero attached hydrogens (tertiary/aromatic N) is 4. The summed E-state index contributed by atoms with van der Waals surface area (Å²) in [4.78, 5) is 13.6. The van der Waals surface area contributed by atoms with Crippen molar-refractivity contribution in [1.29, 1.82) is 0 Å². The molecule has 1 N–H and O–H groups in total. The molecule has 0 bridgehead atoms. The van der Waals surface area contributed by atoms with E-state index < -0.39 is 0 Å². The predicted octanol–water partition coefficient (Wildman–Crippen LogP) is 1.45. The van der Waals surface area contributed by atoms with Gasteiger partial charge in [0.2, 0.25) is 5.88 Å². The summed E-state index contributed by atoms with van der Waals surface area (Å²) in [6.45, 7) is 2.91. The minimum absolute atomic E-state index is 0.358. The maximum Gasteiger partial charge on any atom is 0.242 e. The lowest BCUT2D eigenvalue weighted by Gasteiger charge is -2.20. The Labute approximate surface area is 111 Å². The van der Waals surface area contributed by atoms with Crippen LogP contribution in [-0.4, -0.2) is 51.7 Å². The first-order chi connectivity index (χ1) is 8.54. The average Bonchev–Trinajstić information content (AvgIpc) is 2.65. The van der Waals surface area contributed by atoms with Gasteiger partial charge in [0.1, 0.15) is 11.8 Å².